The number of aliphatic carboxylic acids is 1. The average molecular weight is 617 g/mol. The topological polar surface area (TPSA) is 77.8 Å². The summed E-state index contributed by atoms with van der Waals surface area (Å²) in [5, 5.41) is 29.1. The molecule has 42 heavy (non-hydrogen) atoms. The lowest BCUT2D eigenvalue weighted by atomic mass is 9.68. The Kier molecular flexibility index (Phi) is 12.0. The highest BCUT2D eigenvalue weighted by Gasteiger charge is 2.56. The molecule has 10 heteroatoms. The fraction of sp³-hybridized carbons (Fsp3) is 0.594. The van der Waals surface area contributed by atoms with Crippen LogP contribution in [0.2, 0.25) is 0 Å². The van der Waals surface area contributed by atoms with Crippen molar-refractivity contribution in [2.75, 3.05) is 5.75 Å². The molecule has 2 aromatic rings. The molecule has 1 aliphatic heterocycles. The third-order valence-corrected chi connectivity index (χ3v) is 9.96. The van der Waals surface area contributed by atoms with E-state index in [2.05, 4.69) is 6.92 Å². The van der Waals surface area contributed by atoms with E-state index in [1.54, 1.807) is 30.0 Å². The number of rotatable bonds is 16. The monoisotopic (exact) mass is 616 g/mol. The number of hydrogen-bond donors (Lipinski definition) is 3. The number of halogens is 5. The zero-order valence-corrected chi connectivity index (χ0v) is 24.8. The van der Waals surface area contributed by atoms with Crippen LogP contribution in [0.5, 0.6) is 11.5 Å². The predicted molar refractivity (Wildman–Crippen MR) is 155 cm³/mol. The number of phenolic OH excluding ortho intramolecular Hbond substituents is 2. The van der Waals surface area contributed by atoms with Gasteiger partial charge in [0.15, 0.2) is 0 Å². The molecule has 3 atom stereocenters. The molecule has 0 unspecified atom stereocenters. The summed E-state index contributed by atoms with van der Waals surface area (Å²) < 4.78 is 63.1. The Labute approximate surface area is 248 Å². The average Bonchev–Trinajstić information content (AvgIpc) is 2.91. The van der Waals surface area contributed by atoms with Gasteiger partial charge in [-0.1, -0.05) is 70.1 Å². The Balaban J connectivity index is 1.41. The molecule has 0 saturated heterocycles. The quantitative estimate of drug-likeness (QED) is 0.129. The summed E-state index contributed by atoms with van der Waals surface area (Å²) in [7, 11) is 0. The number of unbranched alkanes of at least 4 members (excludes halogenated alkanes) is 6. The smallest absolute Gasteiger partial charge is 0.453 e. The van der Waals surface area contributed by atoms with Crippen LogP contribution >= 0.6 is 11.8 Å². The first-order chi connectivity index (χ1) is 19.7. The van der Waals surface area contributed by atoms with Gasteiger partial charge >= 0.3 is 18.1 Å². The molecule has 0 aromatic heterocycles. The Morgan fingerprint density at radius 1 is 0.881 bits per heavy atom. The lowest BCUT2D eigenvalue weighted by Crippen LogP contribution is -2.36. The van der Waals surface area contributed by atoms with Crippen molar-refractivity contribution in [3.8, 4) is 11.5 Å². The molecular formula is C32H41F5O4S. The van der Waals surface area contributed by atoms with E-state index in [1.165, 1.54) is 11.1 Å². The van der Waals surface area contributed by atoms with Crippen LogP contribution in [0.3, 0.4) is 0 Å². The Bertz CT molecular complexity index is 1150. The van der Waals surface area contributed by atoms with Gasteiger partial charge in [0.25, 0.3) is 0 Å². The van der Waals surface area contributed by atoms with Crippen molar-refractivity contribution < 1.29 is 42.1 Å². The molecular weight excluding hydrogens is 575 g/mol. The molecule has 4 nitrogen and oxygen atoms in total. The van der Waals surface area contributed by atoms with Crippen LogP contribution in [-0.2, 0) is 10.2 Å². The van der Waals surface area contributed by atoms with Crippen molar-refractivity contribution in [3.05, 3.63) is 53.6 Å². The van der Waals surface area contributed by atoms with Crippen LogP contribution in [0.1, 0.15) is 101 Å². The third kappa shape index (κ3) is 9.01. The molecule has 3 rings (SSSR count). The molecule has 0 spiro atoms. The van der Waals surface area contributed by atoms with E-state index in [4.69, 9.17) is 0 Å². The van der Waals surface area contributed by atoms with Crippen LogP contribution in [-0.4, -0.2) is 39.1 Å². The normalized spacial score (nSPS) is 19.8. The van der Waals surface area contributed by atoms with Gasteiger partial charge in [0.1, 0.15) is 11.5 Å². The summed E-state index contributed by atoms with van der Waals surface area (Å²) in [4.78, 5) is 12.5. The zero-order valence-electron chi connectivity index (χ0n) is 23.9. The number of alkyl halides is 5. The number of benzene rings is 2. The number of carbonyl (C=O) groups is 1. The Hall–Kier alpha value is -2.49. The van der Waals surface area contributed by atoms with Crippen LogP contribution in [0.25, 0.3) is 0 Å². The number of hydrogen-bond acceptors (Lipinski definition) is 4. The molecule has 234 valence electrons. The second kappa shape index (κ2) is 14.8. The fourth-order valence-corrected chi connectivity index (χ4v) is 7.34. The first-order valence-electron chi connectivity index (χ1n) is 14.7. The maximum Gasteiger partial charge on any atom is 0.453 e. The van der Waals surface area contributed by atoms with Gasteiger partial charge in [-0.15, -0.1) is 11.8 Å². The van der Waals surface area contributed by atoms with E-state index in [9.17, 15) is 42.1 Å². The SMILES string of the molecule is C[C@@]1(c2ccc(O)cc2)CSc2cc(O)ccc2[C@@H]1CCCCCCCCC[C@H](CCCC(F)(F)C(F)(F)F)C(=O)O. The van der Waals surface area contributed by atoms with Crippen molar-refractivity contribution in [3.63, 3.8) is 0 Å². The molecule has 0 amide bonds. The molecule has 1 aliphatic rings. The minimum absolute atomic E-state index is 0.133. The van der Waals surface area contributed by atoms with Crippen molar-refractivity contribution in [1.82, 2.24) is 0 Å². The highest BCUT2D eigenvalue weighted by Crippen LogP contribution is 2.52. The van der Waals surface area contributed by atoms with E-state index in [1.807, 2.05) is 24.3 Å². The second-order valence-electron chi connectivity index (χ2n) is 11.7. The maximum atomic E-state index is 13.1. The number of fused-ring (bicyclic) bond motifs is 1. The molecule has 2 aromatic carbocycles. The van der Waals surface area contributed by atoms with Gasteiger partial charge in [-0.25, -0.2) is 0 Å². The van der Waals surface area contributed by atoms with Gasteiger partial charge in [-0.05, 0) is 67.0 Å². The molecule has 3 N–H and O–H groups in total. The minimum Gasteiger partial charge on any atom is -0.508 e. The Morgan fingerprint density at radius 2 is 1.45 bits per heavy atom. The van der Waals surface area contributed by atoms with Gasteiger partial charge in [-0.3, -0.25) is 4.79 Å². The first-order valence-corrected chi connectivity index (χ1v) is 15.7. The molecule has 0 radical (unpaired) electrons. The molecule has 0 fully saturated rings. The van der Waals surface area contributed by atoms with Crippen LogP contribution in [0, 0.1) is 5.92 Å². The molecule has 0 aliphatic carbocycles. The lowest BCUT2D eigenvalue weighted by molar-refractivity contribution is -0.284. The highest BCUT2D eigenvalue weighted by atomic mass is 32.2. The number of carboxylic acid groups (broad SMARTS) is 1. The Morgan fingerprint density at radius 3 is 2.07 bits per heavy atom. The van der Waals surface area contributed by atoms with Crippen LogP contribution < -0.4 is 0 Å². The highest BCUT2D eigenvalue weighted by molar-refractivity contribution is 7.99. The van der Waals surface area contributed by atoms with E-state index >= 15 is 0 Å². The van der Waals surface area contributed by atoms with Crippen molar-refractivity contribution in [1.29, 1.82) is 0 Å². The predicted octanol–water partition coefficient (Wildman–Crippen LogP) is 9.82. The summed E-state index contributed by atoms with van der Waals surface area (Å²) in [5.74, 6) is -5.24. The summed E-state index contributed by atoms with van der Waals surface area (Å²) in [6.07, 6.45) is -0.0611. The zero-order chi connectivity index (χ0) is 31.0. The third-order valence-electron chi connectivity index (χ3n) is 8.55. The summed E-state index contributed by atoms with van der Waals surface area (Å²) in [6, 6.07) is 13.0. The number of aromatic hydroxyl groups is 2. The van der Waals surface area contributed by atoms with Crippen molar-refractivity contribution in [2.45, 2.75) is 112 Å². The van der Waals surface area contributed by atoms with E-state index in [0.29, 0.717) is 6.42 Å². The van der Waals surface area contributed by atoms with Gasteiger partial charge < -0.3 is 15.3 Å². The minimum atomic E-state index is -5.61. The van der Waals surface area contributed by atoms with E-state index in [-0.39, 0.29) is 35.7 Å². The van der Waals surface area contributed by atoms with Crippen LogP contribution in [0.15, 0.2) is 47.4 Å². The molecule has 0 saturated carbocycles. The number of carboxylic acids is 1. The maximum absolute atomic E-state index is 13.1. The van der Waals surface area contributed by atoms with Gasteiger partial charge in [0, 0.05) is 22.5 Å². The largest absolute Gasteiger partial charge is 0.508 e. The fourth-order valence-electron chi connectivity index (χ4n) is 5.93. The lowest BCUT2D eigenvalue weighted by Gasteiger charge is -2.43. The van der Waals surface area contributed by atoms with Crippen molar-refractivity contribution >= 4 is 17.7 Å². The molecule has 0 bridgehead atoms. The summed E-state index contributed by atoms with van der Waals surface area (Å²) in [5.41, 5.74) is 2.27. The summed E-state index contributed by atoms with van der Waals surface area (Å²) in [6.45, 7) is 2.26. The van der Waals surface area contributed by atoms with E-state index < -0.39 is 36.8 Å². The number of thioether (sulfide) groups is 1. The number of phenols is 2. The first kappa shape index (κ1) is 34.0. The van der Waals surface area contributed by atoms with Crippen molar-refractivity contribution in [2.24, 2.45) is 5.92 Å². The van der Waals surface area contributed by atoms with Crippen LogP contribution in [0.4, 0.5) is 22.0 Å². The second-order valence-corrected chi connectivity index (χ2v) is 12.7. The van der Waals surface area contributed by atoms with Gasteiger partial charge in [0.2, 0.25) is 0 Å². The van der Waals surface area contributed by atoms with E-state index in [0.717, 1.165) is 55.6 Å². The molecule has 1 heterocycles. The van der Waals surface area contributed by atoms with Gasteiger partial charge in [0.05, 0.1) is 5.92 Å². The van der Waals surface area contributed by atoms with Gasteiger partial charge in [-0.2, -0.15) is 22.0 Å². The standard InChI is InChI=1S/C32H41F5O4S/c1-30(23-13-15-24(38)16-14-23)21-42-28-20-25(39)17-18-26(28)27(30)12-8-6-4-2-3-5-7-10-22(29(40)41)11-9-19-31(33,34)32(35,36)37/h13-18,20,22,27,38-39H,2-12,19,21H2,1H3,(H,40,41)/t22-,27+,30+/m1/s1. The summed E-state index contributed by atoms with van der Waals surface area (Å²) >= 11 is 1.74.